The van der Waals surface area contributed by atoms with Gasteiger partial charge in [-0.2, -0.15) is 0 Å². The molecule has 3 aliphatic carbocycles. The molecule has 1 aromatic carbocycles. The standard InChI is InChI=1S/C22H29NO4/c1-13-10-22(26)18-9-15-5-6-17(27-2)20(25)19(15)21(22,11-16(13)24)7-8-23(18)12-14-3-4-14/h5-6,13-14,18,25-26H,3-4,7-12H2,1-2H3/t13?,18-,21-,22-/m0/s1. The lowest BCUT2D eigenvalue weighted by atomic mass is 9.48. The van der Waals surface area contributed by atoms with E-state index >= 15 is 0 Å². The number of fused-ring (bicyclic) bond motifs is 1. The molecule has 4 atom stereocenters. The van der Waals surface area contributed by atoms with Crippen LogP contribution in [-0.4, -0.2) is 52.7 Å². The fourth-order valence-electron chi connectivity index (χ4n) is 6.22. The second kappa shape index (κ2) is 5.71. The zero-order chi connectivity index (χ0) is 19.0. The Balaban J connectivity index is 1.69. The highest BCUT2D eigenvalue weighted by atomic mass is 16.5. The van der Waals surface area contributed by atoms with Crippen molar-refractivity contribution in [2.45, 2.75) is 62.5 Å². The minimum atomic E-state index is -0.982. The summed E-state index contributed by atoms with van der Waals surface area (Å²) in [5, 5.41) is 23.1. The topological polar surface area (TPSA) is 70.0 Å². The van der Waals surface area contributed by atoms with Crippen LogP contribution in [0.25, 0.3) is 0 Å². The van der Waals surface area contributed by atoms with Gasteiger partial charge in [-0.15, -0.1) is 0 Å². The molecule has 0 amide bonds. The monoisotopic (exact) mass is 371 g/mol. The van der Waals surface area contributed by atoms with Gasteiger partial charge in [0.25, 0.3) is 0 Å². The Morgan fingerprint density at radius 2 is 2.11 bits per heavy atom. The summed E-state index contributed by atoms with van der Waals surface area (Å²) in [4.78, 5) is 15.3. The highest BCUT2D eigenvalue weighted by Crippen LogP contribution is 2.61. The van der Waals surface area contributed by atoms with Gasteiger partial charge in [-0.25, -0.2) is 0 Å². The van der Waals surface area contributed by atoms with Crippen molar-refractivity contribution in [1.29, 1.82) is 0 Å². The van der Waals surface area contributed by atoms with E-state index in [2.05, 4.69) is 4.90 Å². The molecular weight excluding hydrogens is 342 g/mol. The van der Waals surface area contributed by atoms with Gasteiger partial charge < -0.3 is 14.9 Å². The highest BCUT2D eigenvalue weighted by Gasteiger charge is 2.66. The van der Waals surface area contributed by atoms with E-state index in [1.165, 1.54) is 12.8 Å². The number of phenols is 1. The summed E-state index contributed by atoms with van der Waals surface area (Å²) >= 11 is 0. The number of aromatic hydroxyl groups is 1. The molecule has 2 saturated carbocycles. The molecule has 3 fully saturated rings. The predicted molar refractivity (Wildman–Crippen MR) is 101 cm³/mol. The van der Waals surface area contributed by atoms with Gasteiger partial charge in [-0.1, -0.05) is 13.0 Å². The van der Waals surface area contributed by atoms with Crippen molar-refractivity contribution in [2.75, 3.05) is 20.2 Å². The normalized spacial score (nSPS) is 38.3. The van der Waals surface area contributed by atoms with Crippen molar-refractivity contribution in [1.82, 2.24) is 4.90 Å². The largest absolute Gasteiger partial charge is 0.504 e. The van der Waals surface area contributed by atoms with E-state index in [1.807, 2.05) is 19.1 Å². The SMILES string of the molecule is COc1ccc2c(c1O)[C@@]13CCN(CC4CC4)[C@@H](C2)[C@@]1(O)CC(C)C(=O)C3. The average molecular weight is 371 g/mol. The summed E-state index contributed by atoms with van der Waals surface area (Å²) in [6, 6.07) is 3.84. The fraction of sp³-hybridized carbons (Fsp3) is 0.682. The summed E-state index contributed by atoms with van der Waals surface area (Å²) in [6.07, 6.45) is 4.80. The van der Waals surface area contributed by atoms with Gasteiger partial charge in [0.05, 0.1) is 12.7 Å². The Bertz CT molecular complexity index is 804. The summed E-state index contributed by atoms with van der Waals surface area (Å²) in [5.74, 6) is 1.36. The third-order valence-electron chi connectivity index (χ3n) is 7.82. The molecule has 1 unspecified atom stereocenters. The first-order valence-corrected chi connectivity index (χ1v) is 10.3. The number of Topliss-reactive ketones (excluding diaryl/α,β-unsaturated/α-hetero) is 1. The number of hydrogen-bond acceptors (Lipinski definition) is 5. The first-order valence-electron chi connectivity index (χ1n) is 10.3. The number of hydrogen-bond donors (Lipinski definition) is 2. The van der Waals surface area contributed by atoms with Gasteiger partial charge in [-0.3, -0.25) is 9.69 Å². The fourth-order valence-corrected chi connectivity index (χ4v) is 6.22. The molecule has 0 radical (unpaired) electrons. The molecule has 5 nitrogen and oxygen atoms in total. The Kier molecular flexibility index (Phi) is 3.70. The summed E-state index contributed by atoms with van der Waals surface area (Å²) in [7, 11) is 1.54. The molecule has 4 aliphatic rings. The minimum absolute atomic E-state index is 0.0164. The van der Waals surface area contributed by atoms with Crippen molar-refractivity contribution < 1.29 is 19.7 Å². The number of likely N-dealkylation sites (tertiary alicyclic amines) is 1. The lowest BCUT2D eigenvalue weighted by Crippen LogP contribution is -2.74. The zero-order valence-electron chi connectivity index (χ0n) is 16.2. The van der Waals surface area contributed by atoms with Crippen molar-refractivity contribution >= 4 is 5.78 Å². The Morgan fingerprint density at radius 3 is 2.81 bits per heavy atom. The maximum absolute atomic E-state index is 12.8. The molecule has 27 heavy (non-hydrogen) atoms. The predicted octanol–water partition coefficient (Wildman–Crippen LogP) is 2.41. The molecule has 0 aromatic heterocycles. The third kappa shape index (κ3) is 2.27. The molecule has 5 rings (SSSR count). The zero-order valence-corrected chi connectivity index (χ0v) is 16.2. The van der Waals surface area contributed by atoms with Gasteiger partial charge in [-0.05, 0) is 56.2 Å². The first-order chi connectivity index (χ1) is 12.9. The molecule has 146 valence electrons. The summed E-state index contributed by atoms with van der Waals surface area (Å²) in [6.45, 7) is 3.86. The van der Waals surface area contributed by atoms with Crippen LogP contribution < -0.4 is 4.74 Å². The van der Waals surface area contributed by atoms with Crippen molar-refractivity contribution in [3.63, 3.8) is 0 Å². The van der Waals surface area contributed by atoms with Crippen molar-refractivity contribution in [3.05, 3.63) is 23.3 Å². The van der Waals surface area contributed by atoms with E-state index < -0.39 is 11.0 Å². The number of aliphatic hydroxyl groups is 1. The molecule has 1 aliphatic heterocycles. The van der Waals surface area contributed by atoms with E-state index in [0.29, 0.717) is 25.0 Å². The second-order valence-electron chi connectivity index (χ2n) is 9.31. The second-order valence-corrected chi connectivity index (χ2v) is 9.31. The molecule has 2 N–H and O–H groups in total. The van der Waals surface area contributed by atoms with Gasteiger partial charge in [0.1, 0.15) is 5.78 Å². The van der Waals surface area contributed by atoms with Crippen LogP contribution in [0, 0.1) is 11.8 Å². The molecule has 0 spiro atoms. The van der Waals surface area contributed by atoms with Crippen molar-refractivity contribution in [2.24, 2.45) is 11.8 Å². The van der Waals surface area contributed by atoms with E-state index in [0.717, 1.165) is 36.6 Å². The molecule has 1 heterocycles. The lowest BCUT2D eigenvalue weighted by Gasteiger charge is -2.64. The molecule has 2 bridgehead atoms. The lowest BCUT2D eigenvalue weighted by molar-refractivity contribution is -0.181. The van der Waals surface area contributed by atoms with Crippen LogP contribution in [-0.2, 0) is 16.6 Å². The van der Waals surface area contributed by atoms with Gasteiger partial charge in [0.15, 0.2) is 11.5 Å². The Labute approximate surface area is 160 Å². The molecular formula is C22H29NO4. The Hall–Kier alpha value is -1.59. The first kappa shape index (κ1) is 17.5. The number of methoxy groups -OCH3 is 1. The number of piperidine rings is 1. The number of carbonyl (C=O) groups excluding carboxylic acids is 1. The maximum Gasteiger partial charge on any atom is 0.161 e. The number of nitrogens with zero attached hydrogens (tertiary/aromatic N) is 1. The maximum atomic E-state index is 12.8. The number of benzene rings is 1. The van der Waals surface area contributed by atoms with E-state index in [1.54, 1.807) is 7.11 Å². The van der Waals surface area contributed by atoms with Crippen LogP contribution in [0.2, 0.25) is 0 Å². The van der Waals surface area contributed by atoms with Gasteiger partial charge in [0, 0.05) is 35.9 Å². The van der Waals surface area contributed by atoms with E-state index in [-0.39, 0.29) is 23.5 Å². The number of rotatable bonds is 3. The quantitative estimate of drug-likeness (QED) is 0.854. The van der Waals surface area contributed by atoms with Crippen molar-refractivity contribution in [3.8, 4) is 11.5 Å². The molecule has 5 heteroatoms. The number of phenolic OH excluding ortho intramolecular Hbond substituents is 1. The summed E-state index contributed by atoms with van der Waals surface area (Å²) in [5.41, 5.74) is 0.149. The number of carbonyl (C=O) groups is 1. The van der Waals surface area contributed by atoms with Crippen LogP contribution in [0.4, 0.5) is 0 Å². The molecule has 1 saturated heterocycles. The smallest absolute Gasteiger partial charge is 0.161 e. The van der Waals surface area contributed by atoms with Crippen LogP contribution in [0.15, 0.2) is 12.1 Å². The van der Waals surface area contributed by atoms with Crippen LogP contribution >= 0.6 is 0 Å². The van der Waals surface area contributed by atoms with Gasteiger partial charge in [0.2, 0.25) is 0 Å². The summed E-state index contributed by atoms with van der Waals surface area (Å²) < 4.78 is 5.36. The van der Waals surface area contributed by atoms with E-state index in [9.17, 15) is 15.0 Å². The molecule has 1 aromatic rings. The Morgan fingerprint density at radius 1 is 1.33 bits per heavy atom. The van der Waals surface area contributed by atoms with Crippen LogP contribution in [0.1, 0.15) is 50.2 Å². The number of ether oxygens (including phenoxy) is 1. The van der Waals surface area contributed by atoms with E-state index in [4.69, 9.17) is 4.74 Å². The van der Waals surface area contributed by atoms with Gasteiger partial charge >= 0.3 is 0 Å². The third-order valence-corrected chi connectivity index (χ3v) is 7.82. The van der Waals surface area contributed by atoms with Crippen LogP contribution in [0.3, 0.4) is 0 Å². The number of ketones is 1. The highest BCUT2D eigenvalue weighted by molar-refractivity contribution is 5.85. The van der Waals surface area contributed by atoms with Crippen LogP contribution in [0.5, 0.6) is 11.5 Å². The average Bonchev–Trinajstić information content (AvgIpc) is 3.43. The minimum Gasteiger partial charge on any atom is -0.504 e.